The summed E-state index contributed by atoms with van der Waals surface area (Å²) < 4.78 is 0. The Bertz CT molecular complexity index is 397. The third-order valence-electron chi connectivity index (χ3n) is 4.15. The summed E-state index contributed by atoms with van der Waals surface area (Å²) in [5.74, 6) is -0.836. The number of urea groups is 1. The quantitative estimate of drug-likeness (QED) is 0.769. The molecule has 19 heavy (non-hydrogen) atoms. The Morgan fingerprint density at radius 1 is 1.42 bits per heavy atom. The van der Waals surface area contributed by atoms with Crippen LogP contribution in [0.4, 0.5) is 4.79 Å². The van der Waals surface area contributed by atoms with Crippen LogP contribution in [0.2, 0.25) is 0 Å². The number of amides is 2. The predicted molar refractivity (Wildman–Crippen MR) is 71.9 cm³/mol. The van der Waals surface area contributed by atoms with Gasteiger partial charge in [0, 0.05) is 13.1 Å². The minimum atomic E-state index is -0.836. The summed E-state index contributed by atoms with van der Waals surface area (Å²) in [6.45, 7) is 3.41. The summed E-state index contributed by atoms with van der Waals surface area (Å²) in [7, 11) is 0. The number of carboxylic acids is 1. The Hall–Kier alpha value is -1.52. The molecule has 0 spiro atoms. The predicted octanol–water partition coefficient (Wildman–Crippen LogP) is 2.14. The fourth-order valence-electron chi connectivity index (χ4n) is 2.95. The minimum absolute atomic E-state index is 0.0292. The molecule has 0 aromatic carbocycles. The van der Waals surface area contributed by atoms with Gasteiger partial charge in [-0.05, 0) is 26.2 Å². The average molecular weight is 266 g/mol. The second kappa shape index (κ2) is 5.63. The maximum absolute atomic E-state index is 12.2. The van der Waals surface area contributed by atoms with Crippen LogP contribution in [0.3, 0.4) is 0 Å². The molecule has 1 saturated carbocycles. The largest absolute Gasteiger partial charge is 0.481 e. The Labute approximate surface area is 113 Å². The average Bonchev–Trinajstić information content (AvgIpc) is 2.77. The summed E-state index contributed by atoms with van der Waals surface area (Å²) in [5, 5.41) is 12.0. The lowest BCUT2D eigenvalue weighted by molar-refractivity contribution is -0.138. The van der Waals surface area contributed by atoms with Crippen LogP contribution >= 0.6 is 0 Å². The number of carbonyl (C=O) groups excluding carboxylic acids is 1. The molecule has 0 saturated heterocycles. The van der Waals surface area contributed by atoms with Crippen LogP contribution in [0.5, 0.6) is 0 Å². The topological polar surface area (TPSA) is 69.6 Å². The van der Waals surface area contributed by atoms with Crippen LogP contribution in [-0.4, -0.2) is 40.6 Å². The van der Waals surface area contributed by atoms with Crippen molar-refractivity contribution < 1.29 is 14.7 Å². The molecule has 2 rings (SSSR count). The fraction of sp³-hybridized carbons (Fsp3) is 0.714. The molecule has 1 aliphatic carbocycles. The zero-order valence-corrected chi connectivity index (χ0v) is 11.4. The SMILES string of the molecule is CC1=CCN(C(=O)NC2(CC(=O)O)CCCC2)CC1. The molecule has 0 atom stereocenters. The van der Waals surface area contributed by atoms with Gasteiger partial charge >= 0.3 is 12.0 Å². The maximum Gasteiger partial charge on any atom is 0.318 e. The highest BCUT2D eigenvalue weighted by molar-refractivity contribution is 5.77. The van der Waals surface area contributed by atoms with Gasteiger partial charge in [0.15, 0.2) is 0 Å². The Morgan fingerprint density at radius 3 is 2.63 bits per heavy atom. The van der Waals surface area contributed by atoms with Gasteiger partial charge < -0.3 is 15.3 Å². The van der Waals surface area contributed by atoms with Crippen molar-refractivity contribution in [3.63, 3.8) is 0 Å². The van der Waals surface area contributed by atoms with Gasteiger partial charge in [-0.15, -0.1) is 0 Å². The zero-order chi connectivity index (χ0) is 13.9. The van der Waals surface area contributed by atoms with Gasteiger partial charge in [0.2, 0.25) is 0 Å². The van der Waals surface area contributed by atoms with E-state index in [0.29, 0.717) is 6.54 Å². The Kier molecular flexibility index (Phi) is 4.12. The van der Waals surface area contributed by atoms with Gasteiger partial charge in [-0.25, -0.2) is 4.79 Å². The molecule has 0 radical (unpaired) electrons. The van der Waals surface area contributed by atoms with Crippen LogP contribution in [0, 0.1) is 0 Å². The summed E-state index contributed by atoms with van der Waals surface area (Å²) in [6, 6.07) is -0.119. The van der Waals surface area contributed by atoms with Gasteiger partial charge in [0.1, 0.15) is 0 Å². The molecular formula is C14H22N2O3. The monoisotopic (exact) mass is 266 g/mol. The first-order chi connectivity index (χ1) is 9.01. The zero-order valence-electron chi connectivity index (χ0n) is 11.4. The highest BCUT2D eigenvalue weighted by Crippen LogP contribution is 2.33. The molecule has 0 aromatic rings. The lowest BCUT2D eigenvalue weighted by Crippen LogP contribution is -2.53. The van der Waals surface area contributed by atoms with Crippen LogP contribution in [0.15, 0.2) is 11.6 Å². The molecule has 0 unspecified atom stereocenters. The molecule has 2 aliphatic rings. The van der Waals surface area contributed by atoms with Crippen LogP contribution < -0.4 is 5.32 Å². The molecule has 1 heterocycles. The molecule has 0 aromatic heterocycles. The third-order valence-corrected chi connectivity index (χ3v) is 4.15. The van der Waals surface area contributed by atoms with Crippen molar-refractivity contribution in [2.45, 2.75) is 51.0 Å². The van der Waals surface area contributed by atoms with Crippen molar-refractivity contribution in [2.24, 2.45) is 0 Å². The van der Waals surface area contributed by atoms with Gasteiger partial charge in [-0.2, -0.15) is 0 Å². The van der Waals surface area contributed by atoms with E-state index in [9.17, 15) is 9.59 Å². The van der Waals surface area contributed by atoms with Crippen molar-refractivity contribution in [3.05, 3.63) is 11.6 Å². The van der Waals surface area contributed by atoms with E-state index in [0.717, 1.165) is 38.6 Å². The first-order valence-electron chi connectivity index (χ1n) is 6.95. The number of rotatable bonds is 3. The lowest BCUT2D eigenvalue weighted by atomic mass is 9.93. The Balaban J connectivity index is 1.97. The second-order valence-corrected chi connectivity index (χ2v) is 5.73. The van der Waals surface area contributed by atoms with E-state index in [4.69, 9.17) is 5.11 Å². The van der Waals surface area contributed by atoms with Crippen molar-refractivity contribution in [1.82, 2.24) is 10.2 Å². The third kappa shape index (κ3) is 3.49. The van der Waals surface area contributed by atoms with E-state index in [1.807, 2.05) is 0 Å². The molecule has 2 amide bonds. The van der Waals surface area contributed by atoms with Crippen molar-refractivity contribution in [2.75, 3.05) is 13.1 Å². The fourth-order valence-corrected chi connectivity index (χ4v) is 2.95. The summed E-state index contributed by atoms with van der Waals surface area (Å²) in [5.41, 5.74) is 0.782. The molecule has 1 aliphatic heterocycles. The van der Waals surface area contributed by atoms with E-state index in [1.54, 1.807) is 4.90 Å². The number of aliphatic carboxylic acids is 1. The standard InChI is InChI=1S/C14H22N2O3/c1-11-4-8-16(9-5-11)13(19)15-14(10-12(17)18)6-2-3-7-14/h4H,2-3,5-10H2,1H3,(H,15,19)(H,17,18). The van der Waals surface area contributed by atoms with Crippen LogP contribution in [0.1, 0.15) is 45.4 Å². The van der Waals surface area contributed by atoms with Crippen molar-refractivity contribution in [1.29, 1.82) is 0 Å². The number of nitrogens with one attached hydrogen (secondary N) is 1. The molecule has 5 heteroatoms. The van der Waals surface area contributed by atoms with Crippen molar-refractivity contribution >= 4 is 12.0 Å². The molecule has 106 valence electrons. The lowest BCUT2D eigenvalue weighted by Gasteiger charge is -2.33. The molecule has 0 bridgehead atoms. The number of hydrogen-bond donors (Lipinski definition) is 2. The highest BCUT2D eigenvalue weighted by Gasteiger charge is 2.38. The van der Waals surface area contributed by atoms with E-state index < -0.39 is 11.5 Å². The summed E-state index contributed by atoms with van der Waals surface area (Å²) in [4.78, 5) is 25.0. The summed E-state index contributed by atoms with van der Waals surface area (Å²) >= 11 is 0. The van der Waals surface area contributed by atoms with Crippen LogP contribution in [-0.2, 0) is 4.79 Å². The smallest absolute Gasteiger partial charge is 0.318 e. The number of hydrogen-bond acceptors (Lipinski definition) is 2. The molecular weight excluding hydrogens is 244 g/mol. The van der Waals surface area contributed by atoms with E-state index in [-0.39, 0.29) is 12.5 Å². The molecule has 1 fully saturated rings. The van der Waals surface area contributed by atoms with Gasteiger partial charge in [0.05, 0.1) is 12.0 Å². The second-order valence-electron chi connectivity index (χ2n) is 5.73. The van der Waals surface area contributed by atoms with Crippen LogP contribution in [0.25, 0.3) is 0 Å². The molecule has 5 nitrogen and oxygen atoms in total. The maximum atomic E-state index is 12.2. The normalized spacial score (nSPS) is 21.9. The number of nitrogens with zero attached hydrogens (tertiary/aromatic N) is 1. The van der Waals surface area contributed by atoms with E-state index in [2.05, 4.69) is 18.3 Å². The highest BCUT2D eigenvalue weighted by atomic mass is 16.4. The molecule has 2 N–H and O–H groups in total. The first kappa shape index (κ1) is 13.9. The van der Waals surface area contributed by atoms with E-state index >= 15 is 0 Å². The first-order valence-corrected chi connectivity index (χ1v) is 6.95. The van der Waals surface area contributed by atoms with Gasteiger partial charge in [-0.1, -0.05) is 24.5 Å². The Morgan fingerprint density at radius 2 is 2.11 bits per heavy atom. The minimum Gasteiger partial charge on any atom is -0.481 e. The van der Waals surface area contributed by atoms with E-state index in [1.165, 1.54) is 5.57 Å². The number of carboxylic acid groups (broad SMARTS) is 1. The van der Waals surface area contributed by atoms with Crippen molar-refractivity contribution in [3.8, 4) is 0 Å². The van der Waals surface area contributed by atoms with Gasteiger partial charge in [0.25, 0.3) is 0 Å². The van der Waals surface area contributed by atoms with Gasteiger partial charge in [-0.3, -0.25) is 4.79 Å². The summed E-state index contributed by atoms with van der Waals surface area (Å²) in [6.07, 6.45) is 6.52. The number of carbonyl (C=O) groups is 2.